The van der Waals surface area contributed by atoms with Crippen LogP contribution in [0.5, 0.6) is 5.75 Å². The lowest BCUT2D eigenvalue weighted by Crippen LogP contribution is -2.33. The highest BCUT2D eigenvalue weighted by atomic mass is 19.1. The second-order valence-electron chi connectivity index (χ2n) is 7.40. The number of hydrogen-bond donors (Lipinski definition) is 0. The van der Waals surface area contributed by atoms with Crippen molar-refractivity contribution in [1.82, 2.24) is 9.80 Å². The molecule has 1 fully saturated rings. The molecule has 2 heterocycles. The number of rotatable bonds is 4. The fourth-order valence-corrected chi connectivity index (χ4v) is 3.89. The molecule has 27 heavy (non-hydrogen) atoms. The Morgan fingerprint density at radius 2 is 1.89 bits per heavy atom. The van der Waals surface area contributed by atoms with Crippen LogP contribution in [0, 0.1) is 5.82 Å². The summed E-state index contributed by atoms with van der Waals surface area (Å²) in [5.41, 5.74) is 3.02. The van der Waals surface area contributed by atoms with Crippen LogP contribution in [0.25, 0.3) is 0 Å². The summed E-state index contributed by atoms with van der Waals surface area (Å²) < 4.78 is 19.2. The summed E-state index contributed by atoms with van der Waals surface area (Å²) in [5, 5.41) is 0. The summed E-state index contributed by atoms with van der Waals surface area (Å²) in [5.74, 6) is 0.555. The molecule has 2 aromatic rings. The maximum atomic E-state index is 13.4. The fourth-order valence-electron chi connectivity index (χ4n) is 3.89. The molecule has 4 rings (SSSR count). The van der Waals surface area contributed by atoms with Gasteiger partial charge in [-0.1, -0.05) is 18.2 Å². The molecule has 0 radical (unpaired) electrons. The molecule has 1 saturated heterocycles. The quantitative estimate of drug-likeness (QED) is 0.829. The van der Waals surface area contributed by atoms with Crippen molar-refractivity contribution in [2.45, 2.75) is 32.4 Å². The van der Waals surface area contributed by atoms with Gasteiger partial charge in [-0.25, -0.2) is 4.39 Å². The van der Waals surface area contributed by atoms with Gasteiger partial charge >= 0.3 is 0 Å². The van der Waals surface area contributed by atoms with Gasteiger partial charge in [-0.2, -0.15) is 0 Å². The summed E-state index contributed by atoms with van der Waals surface area (Å²) in [4.78, 5) is 17.0. The molecule has 4 nitrogen and oxygen atoms in total. The molecule has 0 N–H and O–H groups in total. The first-order valence-corrected chi connectivity index (χ1v) is 9.66. The van der Waals surface area contributed by atoms with Crippen LogP contribution in [-0.4, -0.2) is 41.9 Å². The van der Waals surface area contributed by atoms with E-state index in [0.717, 1.165) is 30.9 Å². The maximum Gasteiger partial charge on any atom is 0.227 e. The number of fused-ring (bicyclic) bond motifs is 1. The van der Waals surface area contributed by atoms with Gasteiger partial charge in [-0.05, 0) is 61.3 Å². The number of likely N-dealkylation sites (tertiary alicyclic amines) is 1. The van der Waals surface area contributed by atoms with Gasteiger partial charge < -0.3 is 9.64 Å². The van der Waals surface area contributed by atoms with Gasteiger partial charge in [-0.15, -0.1) is 0 Å². The Morgan fingerprint density at radius 1 is 1.04 bits per heavy atom. The predicted molar refractivity (Wildman–Crippen MR) is 102 cm³/mol. The largest absolute Gasteiger partial charge is 0.491 e. The fraction of sp³-hybridized carbons (Fsp3) is 0.409. The van der Waals surface area contributed by atoms with Crippen LogP contribution in [0.4, 0.5) is 4.39 Å². The standard InChI is InChI=1S/C22H25FN2O2/c23-20-5-3-4-17(13-20)14-22(26)25-10-11-27-21-7-6-18(12-19(21)16-25)15-24-8-1-2-9-24/h3-7,12-13H,1-2,8-11,14-16H2. The SMILES string of the molecule is O=C(Cc1cccc(F)c1)N1CCOc2ccc(CN3CCCC3)cc2C1. The van der Waals surface area contributed by atoms with Crippen LogP contribution in [0.3, 0.4) is 0 Å². The van der Waals surface area contributed by atoms with E-state index in [1.54, 1.807) is 12.1 Å². The van der Waals surface area contributed by atoms with Gasteiger partial charge in [0.15, 0.2) is 0 Å². The lowest BCUT2D eigenvalue weighted by Gasteiger charge is -2.20. The highest BCUT2D eigenvalue weighted by Gasteiger charge is 2.21. The number of benzene rings is 2. The summed E-state index contributed by atoms with van der Waals surface area (Å²) in [6.45, 7) is 4.83. The molecular formula is C22H25FN2O2. The second-order valence-corrected chi connectivity index (χ2v) is 7.40. The first kappa shape index (κ1) is 18.0. The van der Waals surface area contributed by atoms with Gasteiger partial charge in [-0.3, -0.25) is 9.69 Å². The summed E-state index contributed by atoms with van der Waals surface area (Å²) in [6.07, 6.45) is 2.76. The predicted octanol–water partition coefficient (Wildman–Crippen LogP) is 3.39. The van der Waals surface area contributed by atoms with E-state index < -0.39 is 0 Å². The molecule has 2 aromatic carbocycles. The van der Waals surface area contributed by atoms with E-state index in [1.807, 2.05) is 11.0 Å². The molecule has 2 aliphatic heterocycles. The minimum atomic E-state index is -0.309. The average Bonchev–Trinajstić information content (AvgIpc) is 3.06. The Balaban J connectivity index is 1.46. The van der Waals surface area contributed by atoms with Crippen molar-refractivity contribution in [2.75, 3.05) is 26.2 Å². The van der Waals surface area contributed by atoms with Gasteiger partial charge in [0.1, 0.15) is 18.2 Å². The van der Waals surface area contributed by atoms with Crippen molar-refractivity contribution in [3.8, 4) is 5.75 Å². The van der Waals surface area contributed by atoms with E-state index in [4.69, 9.17) is 4.74 Å². The van der Waals surface area contributed by atoms with Gasteiger partial charge in [0.25, 0.3) is 0 Å². The van der Waals surface area contributed by atoms with Crippen molar-refractivity contribution in [2.24, 2.45) is 0 Å². The van der Waals surface area contributed by atoms with E-state index in [9.17, 15) is 9.18 Å². The van der Waals surface area contributed by atoms with E-state index >= 15 is 0 Å². The van der Waals surface area contributed by atoms with Crippen LogP contribution in [0.2, 0.25) is 0 Å². The van der Waals surface area contributed by atoms with Crippen LogP contribution in [0.15, 0.2) is 42.5 Å². The van der Waals surface area contributed by atoms with Gasteiger partial charge in [0, 0.05) is 18.7 Å². The maximum absolute atomic E-state index is 13.4. The van der Waals surface area contributed by atoms with Crippen molar-refractivity contribution in [1.29, 1.82) is 0 Å². The summed E-state index contributed by atoms with van der Waals surface area (Å²) in [6, 6.07) is 12.6. The lowest BCUT2D eigenvalue weighted by atomic mass is 10.1. The third-order valence-electron chi connectivity index (χ3n) is 5.31. The number of ether oxygens (including phenoxy) is 1. The number of nitrogens with zero attached hydrogens (tertiary/aromatic N) is 2. The summed E-state index contributed by atoms with van der Waals surface area (Å²) >= 11 is 0. The first-order valence-electron chi connectivity index (χ1n) is 9.66. The Labute approximate surface area is 159 Å². The van der Waals surface area contributed by atoms with E-state index in [0.29, 0.717) is 25.3 Å². The molecule has 1 amide bonds. The highest BCUT2D eigenvalue weighted by Crippen LogP contribution is 2.26. The van der Waals surface area contributed by atoms with Crippen molar-refractivity contribution in [3.63, 3.8) is 0 Å². The minimum Gasteiger partial charge on any atom is -0.491 e. The molecule has 0 aromatic heterocycles. The smallest absolute Gasteiger partial charge is 0.227 e. The number of carbonyl (C=O) groups is 1. The van der Waals surface area contributed by atoms with Gasteiger partial charge in [0.05, 0.1) is 13.0 Å². The molecule has 5 heteroatoms. The number of halogens is 1. The summed E-state index contributed by atoms with van der Waals surface area (Å²) in [7, 11) is 0. The Kier molecular flexibility index (Phi) is 5.39. The molecule has 0 bridgehead atoms. The average molecular weight is 368 g/mol. The highest BCUT2D eigenvalue weighted by molar-refractivity contribution is 5.79. The molecule has 2 aliphatic rings. The van der Waals surface area contributed by atoms with E-state index in [1.165, 1.54) is 30.5 Å². The van der Waals surface area contributed by atoms with Crippen LogP contribution >= 0.6 is 0 Å². The third-order valence-corrected chi connectivity index (χ3v) is 5.31. The number of amides is 1. The van der Waals surface area contributed by atoms with Gasteiger partial charge in [0.2, 0.25) is 5.91 Å². The van der Waals surface area contributed by atoms with E-state index in [-0.39, 0.29) is 18.1 Å². The molecule has 0 spiro atoms. The topological polar surface area (TPSA) is 32.8 Å². The monoisotopic (exact) mass is 368 g/mol. The van der Waals surface area contributed by atoms with E-state index in [2.05, 4.69) is 17.0 Å². The second kappa shape index (κ2) is 8.09. The molecule has 142 valence electrons. The normalized spacial score (nSPS) is 17.3. The Morgan fingerprint density at radius 3 is 2.70 bits per heavy atom. The molecule has 0 aliphatic carbocycles. The number of carbonyl (C=O) groups excluding carboxylic acids is 1. The van der Waals surface area contributed by atoms with Crippen molar-refractivity contribution >= 4 is 5.91 Å². The third kappa shape index (κ3) is 4.48. The zero-order valence-electron chi connectivity index (χ0n) is 15.5. The molecule has 0 atom stereocenters. The molecular weight excluding hydrogens is 343 g/mol. The zero-order chi connectivity index (χ0) is 18.6. The minimum absolute atomic E-state index is 0.00185. The van der Waals surface area contributed by atoms with Crippen molar-refractivity contribution < 1.29 is 13.9 Å². The first-order chi connectivity index (χ1) is 13.2. The Bertz CT molecular complexity index is 818. The van der Waals surface area contributed by atoms with Crippen LogP contribution in [0.1, 0.15) is 29.5 Å². The zero-order valence-corrected chi connectivity index (χ0v) is 15.5. The molecule has 0 unspecified atom stereocenters. The Hall–Kier alpha value is -2.40. The molecule has 0 saturated carbocycles. The van der Waals surface area contributed by atoms with Crippen LogP contribution < -0.4 is 4.74 Å². The number of hydrogen-bond acceptors (Lipinski definition) is 3. The van der Waals surface area contributed by atoms with Crippen molar-refractivity contribution in [3.05, 3.63) is 65.0 Å². The van der Waals surface area contributed by atoms with Crippen LogP contribution in [-0.2, 0) is 24.3 Å². The lowest BCUT2D eigenvalue weighted by molar-refractivity contribution is -0.131.